The molecule has 2 aliphatic heterocycles. The first-order chi connectivity index (χ1) is 16.9. The number of carbonyl (C=O) groups excluding carboxylic acids is 1. The Kier molecular flexibility index (Phi) is 7.26. The summed E-state index contributed by atoms with van der Waals surface area (Å²) >= 11 is 0. The van der Waals surface area contributed by atoms with Crippen molar-refractivity contribution >= 4 is 5.91 Å². The van der Waals surface area contributed by atoms with Crippen LogP contribution in [0, 0.1) is 41.8 Å². The minimum absolute atomic E-state index is 0.0624. The molecule has 5 rings (SSSR count). The highest BCUT2D eigenvalue weighted by molar-refractivity contribution is 5.75. The number of fused-ring (bicyclic) bond motifs is 4. The van der Waals surface area contributed by atoms with E-state index < -0.39 is 0 Å². The monoisotopic (exact) mass is 486 g/mol. The second-order valence-electron chi connectivity index (χ2n) is 11.9. The highest BCUT2D eigenvalue weighted by atomic mass is 19.1. The van der Waals surface area contributed by atoms with Crippen LogP contribution < -0.4 is 0 Å². The van der Waals surface area contributed by atoms with Crippen LogP contribution in [0.25, 0.3) is 0 Å². The van der Waals surface area contributed by atoms with Gasteiger partial charge in [-0.2, -0.15) is 0 Å². The number of aliphatic hydroxyl groups is 1. The van der Waals surface area contributed by atoms with Gasteiger partial charge in [-0.05, 0) is 80.6 Å². The molecule has 1 N–H and O–H groups in total. The van der Waals surface area contributed by atoms with Gasteiger partial charge in [-0.1, -0.05) is 24.6 Å². The Morgan fingerprint density at radius 3 is 2.66 bits per heavy atom. The molecule has 2 saturated carbocycles. The molecule has 6 atom stereocenters. The van der Waals surface area contributed by atoms with Crippen LogP contribution in [0.4, 0.5) is 4.39 Å². The number of piperidine rings is 2. The molecule has 1 aromatic rings. The normalized spacial score (nSPS) is 34.6. The van der Waals surface area contributed by atoms with Gasteiger partial charge >= 0.3 is 0 Å². The van der Waals surface area contributed by atoms with E-state index in [-0.39, 0.29) is 29.8 Å². The van der Waals surface area contributed by atoms with Crippen molar-refractivity contribution in [2.75, 3.05) is 33.4 Å². The number of benzene rings is 1. The van der Waals surface area contributed by atoms with Crippen LogP contribution in [0.3, 0.4) is 0 Å². The second kappa shape index (κ2) is 10.1. The number of nitrogens with zero attached hydrogens (tertiary/aromatic N) is 2. The molecular formula is C29H43FN2O3. The molecule has 2 heterocycles. The predicted molar refractivity (Wildman–Crippen MR) is 134 cm³/mol. The van der Waals surface area contributed by atoms with Gasteiger partial charge in [-0.25, -0.2) is 4.39 Å². The third-order valence-electron chi connectivity index (χ3n) is 10.2. The molecule has 2 aliphatic carbocycles. The Balaban J connectivity index is 1.47. The molecule has 2 saturated heterocycles. The van der Waals surface area contributed by atoms with E-state index in [9.17, 15) is 14.3 Å². The Morgan fingerprint density at radius 1 is 1.20 bits per heavy atom. The summed E-state index contributed by atoms with van der Waals surface area (Å²) in [5, 5.41) is 10.7. The number of carbonyl (C=O) groups is 1. The summed E-state index contributed by atoms with van der Waals surface area (Å²) in [6.45, 7) is 7.15. The number of hydrogen-bond acceptors (Lipinski definition) is 4. The second-order valence-corrected chi connectivity index (χ2v) is 11.9. The van der Waals surface area contributed by atoms with Gasteiger partial charge in [0.05, 0.1) is 12.7 Å². The number of methoxy groups -OCH3 is 1. The van der Waals surface area contributed by atoms with Gasteiger partial charge in [0.15, 0.2) is 0 Å². The maximum atomic E-state index is 14.8. The van der Waals surface area contributed by atoms with Crippen molar-refractivity contribution in [1.29, 1.82) is 0 Å². The first kappa shape index (κ1) is 25.2. The van der Waals surface area contributed by atoms with Crippen LogP contribution in [0.15, 0.2) is 18.2 Å². The van der Waals surface area contributed by atoms with Gasteiger partial charge < -0.3 is 14.7 Å². The van der Waals surface area contributed by atoms with Crippen molar-refractivity contribution in [1.82, 2.24) is 9.80 Å². The van der Waals surface area contributed by atoms with Crippen LogP contribution in [0.2, 0.25) is 0 Å². The van der Waals surface area contributed by atoms with E-state index in [1.807, 2.05) is 33.1 Å². The number of hydrogen-bond donors (Lipinski definition) is 1. The zero-order valence-electron chi connectivity index (χ0n) is 21.7. The summed E-state index contributed by atoms with van der Waals surface area (Å²) in [4.78, 5) is 16.9. The predicted octanol–water partition coefficient (Wildman–Crippen LogP) is 4.40. The van der Waals surface area contributed by atoms with E-state index in [0.29, 0.717) is 42.7 Å². The molecular weight excluding hydrogens is 443 g/mol. The van der Waals surface area contributed by atoms with Crippen LogP contribution in [0.5, 0.6) is 0 Å². The van der Waals surface area contributed by atoms with E-state index >= 15 is 0 Å². The average Bonchev–Trinajstić information content (AvgIpc) is 3.26. The highest BCUT2D eigenvalue weighted by Gasteiger charge is 2.60. The number of aryl methyl sites for hydroxylation is 1. The average molecular weight is 487 g/mol. The molecule has 0 radical (unpaired) electrons. The topological polar surface area (TPSA) is 53.0 Å². The van der Waals surface area contributed by atoms with Crippen molar-refractivity contribution in [3.05, 3.63) is 35.1 Å². The molecule has 1 spiro atoms. The molecule has 6 heteroatoms. The number of likely N-dealkylation sites (tertiary alicyclic amines) is 2. The number of amides is 1. The quantitative estimate of drug-likeness (QED) is 0.671. The zero-order valence-corrected chi connectivity index (χ0v) is 21.7. The lowest BCUT2D eigenvalue weighted by Crippen LogP contribution is -2.62. The molecule has 0 bridgehead atoms. The van der Waals surface area contributed by atoms with Gasteiger partial charge in [0.2, 0.25) is 5.91 Å². The number of ether oxygens (including phenoxy) is 1. The largest absolute Gasteiger partial charge is 0.395 e. The highest BCUT2D eigenvalue weighted by Crippen LogP contribution is 2.62. The van der Waals surface area contributed by atoms with Crippen LogP contribution in [-0.2, 0) is 16.1 Å². The van der Waals surface area contributed by atoms with E-state index in [1.54, 1.807) is 6.07 Å². The number of halogens is 1. The molecule has 194 valence electrons. The minimum atomic E-state index is -0.158. The minimum Gasteiger partial charge on any atom is -0.395 e. The van der Waals surface area contributed by atoms with Crippen molar-refractivity contribution in [3.8, 4) is 0 Å². The Hall–Kier alpha value is -1.50. The SMILES string of the molecule is CCC(=O)N1CCC2(CC1)CN(Cc1cc(C)ccc1F)[C@H](CO)C1CC3CC(OC)CCC3C12. The first-order valence-corrected chi connectivity index (χ1v) is 13.8. The Labute approximate surface area is 210 Å². The van der Waals surface area contributed by atoms with E-state index in [4.69, 9.17) is 4.74 Å². The lowest BCUT2D eigenvalue weighted by molar-refractivity contribution is -0.140. The fourth-order valence-corrected chi connectivity index (χ4v) is 8.60. The van der Waals surface area contributed by atoms with Crippen molar-refractivity contribution < 1.29 is 19.0 Å². The summed E-state index contributed by atoms with van der Waals surface area (Å²) in [5.74, 6) is 2.40. The number of rotatable bonds is 5. The maximum Gasteiger partial charge on any atom is 0.222 e. The van der Waals surface area contributed by atoms with Crippen molar-refractivity contribution in [2.24, 2.45) is 29.1 Å². The first-order valence-electron chi connectivity index (χ1n) is 13.8. The maximum absolute atomic E-state index is 14.8. The molecule has 1 aromatic carbocycles. The van der Waals surface area contributed by atoms with Gasteiger partial charge in [0.1, 0.15) is 5.82 Å². The molecule has 0 aromatic heterocycles. The molecule has 5 nitrogen and oxygen atoms in total. The van der Waals surface area contributed by atoms with Gasteiger partial charge in [-0.3, -0.25) is 9.69 Å². The van der Waals surface area contributed by atoms with Crippen LogP contribution in [-0.4, -0.2) is 66.3 Å². The molecule has 4 fully saturated rings. The van der Waals surface area contributed by atoms with Gasteiger partial charge in [0, 0.05) is 51.3 Å². The van der Waals surface area contributed by atoms with Crippen LogP contribution >= 0.6 is 0 Å². The lowest BCUT2D eigenvalue weighted by Gasteiger charge is -2.58. The van der Waals surface area contributed by atoms with E-state index in [0.717, 1.165) is 62.9 Å². The lowest BCUT2D eigenvalue weighted by atomic mass is 9.57. The molecule has 35 heavy (non-hydrogen) atoms. The van der Waals surface area contributed by atoms with Gasteiger partial charge in [-0.15, -0.1) is 0 Å². The van der Waals surface area contributed by atoms with E-state index in [2.05, 4.69) is 9.80 Å². The summed E-state index contributed by atoms with van der Waals surface area (Å²) in [7, 11) is 1.84. The summed E-state index contributed by atoms with van der Waals surface area (Å²) in [6.07, 6.45) is 7.52. The molecule has 4 aliphatic rings. The molecule has 1 amide bonds. The fourth-order valence-electron chi connectivity index (χ4n) is 8.60. The smallest absolute Gasteiger partial charge is 0.222 e. The zero-order chi connectivity index (χ0) is 24.7. The standard InChI is InChI=1S/C29H43FN2O3/c1-4-27(34)31-11-9-29(10-12-31)18-32(16-21-13-19(2)5-8-25(21)30)26(17-33)24-15-20-14-22(35-3)6-7-23(20)28(24)29/h5,8,13,20,22-24,26,28,33H,4,6-7,9-12,14-18H2,1-3H3/t20?,22?,23?,24?,26-,28?/m1/s1. The van der Waals surface area contributed by atoms with E-state index in [1.165, 1.54) is 6.42 Å². The summed E-state index contributed by atoms with van der Waals surface area (Å²) in [5.41, 5.74) is 1.92. The fraction of sp³-hybridized carbons (Fsp3) is 0.759. The number of aliphatic hydroxyl groups excluding tert-OH is 1. The van der Waals surface area contributed by atoms with Crippen molar-refractivity contribution in [2.45, 2.75) is 77.5 Å². The summed E-state index contributed by atoms with van der Waals surface area (Å²) < 4.78 is 20.6. The Morgan fingerprint density at radius 2 is 1.97 bits per heavy atom. The third kappa shape index (κ3) is 4.55. The molecule has 5 unspecified atom stereocenters. The third-order valence-corrected chi connectivity index (χ3v) is 10.2. The van der Waals surface area contributed by atoms with Crippen LogP contribution in [0.1, 0.15) is 63.0 Å². The Bertz CT molecular complexity index is 915. The summed E-state index contributed by atoms with van der Waals surface area (Å²) in [6, 6.07) is 5.42. The van der Waals surface area contributed by atoms with Crippen molar-refractivity contribution in [3.63, 3.8) is 0 Å². The van der Waals surface area contributed by atoms with Gasteiger partial charge in [0.25, 0.3) is 0 Å².